The number of benzene rings is 2. The van der Waals surface area contributed by atoms with Crippen molar-refractivity contribution in [1.29, 1.82) is 0 Å². The lowest BCUT2D eigenvalue weighted by Crippen LogP contribution is -2.18. The molecule has 7 nitrogen and oxygen atoms in total. The lowest BCUT2D eigenvalue weighted by molar-refractivity contribution is -0.394. The van der Waals surface area contributed by atoms with Crippen LogP contribution in [0.1, 0.15) is 16.7 Å². The lowest BCUT2D eigenvalue weighted by atomic mass is 10.0. The third kappa shape index (κ3) is 5.25. The molecule has 0 atom stereocenters. The molecule has 0 heterocycles. The van der Waals surface area contributed by atoms with E-state index in [1.54, 1.807) is 0 Å². The molecule has 0 saturated heterocycles. The zero-order valence-electron chi connectivity index (χ0n) is 15.2. The lowest BCUT2D eigenvalue weighted by Gasteiger charge is -2.23. The fourth-order valence-corrected chi connectivity index (χ4v) is 3.94. The number of non-ortho nitro benzene ring substituents is 1. The molecule has 186 valence electrons. The molecule has 19 heteroatoms. The number of nitrogens with zero attached hydrogens (tertiary/aromatic N) is 2. The molecule has 2 aromatic carbocycles. The van der Waals surface area contributed by atoms with Crippen molar-refractivity contribution in [1.82, 2.24) is 0 Å². The quantitative estimate of drug-likeness (QED) is 0.162. The molecule has 34 heavy (non-hydrogen) atoms. The van der Waals surface area contributed by atoms with E-state index in [0.717, 1.165) is 0 Å². The van der Waals surface area contributed by atoms with E-state index in [-0.39, 0.29) is 12.1 Å². The maximum absolute atomic E-state index is 13.6. The normalized spacial score (nSPS) is 12.6. The second-order valence-corrected chi connectivity index (χ2v) is 7.64. The van der Waals surface area contributed by atoms with Crippen LogP contribution in [0.4, 0.5) is 62.3 Å². The van der Waals surface area contributed by atoms with Crippen molar-refractivity contribution < 1.29 is 49.4 Å². The predicted molar refractivity (Wildman–Crippen MR) is 102 cm³/mol. The summed E-state index contributed by atoms with van der Waals surface area (Å²) in [5.74, 6) is 0. The van der Waals surface area contributed by atoms with Crippen LogP contribution in [0.5, 0.6) is 0 Å². The minimum absolute atomic E-state index is 0.0334. The van der Waals surface area contributed by atoms with E-state index in [9.17, 15) is 59.7 Å². The fourth-order valence-electron chi connectivity index (χ4n) is 2.63. The Morgan fingerprint density at radius 2 is 1.26 bits per heavy atom. The molecule has 1 N–H and O–H groups in total. The van der Waals surface area contributed by atoms with Crippen molar-refractivity contribution >= 4 is 61.9 Å². The first-order chi connectivity index (χ1) is 15.2. The van der Waals surface area contributed by atoms with Crippen LogP contribution >= 0.6 is 39.1 Å². The summed E-state index contributed by atoms with van der Waals surface area (Å²) in [7, 11) is 0. The van der Waals surface area contributed by atoms with Gasteiger partial charge in [-0.05, 0) is 15.9 Å². The Morgan fingerprint density at radius 1 is 0.765 bits per heavy atom. The van der Waals surface area contributed by atoms with E-state index in [1.807, 2.05) is 0 Å². The monoisotopic (exact) mass is 609 g/mol. The average Bonchev–Trinajstić information content (AvgIpc) is 2.62. The van der Waals surface area contributed by atoms with Crippen molar-refractivity contribution in [2.24, 2.45) is 0 Å². The molecule has 0 unspecified atom stereocenters. The maximum Gasteiger partial charge on any atom is 0.419 e. The van der Waals surface area contributed by atoms with Gasteiger partial charge in [0, 0.05) is 6.07 Å². The Kier molecular flexibility index (Phi) is 7.27. The number of alkyl halides is 9. The molecule has 0 spiro atoms. The molecule has 0 aliphatic carbocycles. The summed E-state index contributed by atoms with van der Waals surface area (Å²) in [5.41, 5.74) is -13.4. The summed E-state index contributed by atoms with van der Waals surface area (Å²) in [5, 5.41) is 20.0. The van der Waals surface area contributed by atoms with Gasteiger partial charge in [0.05, 0.1) is 52.8 Å². The van der Waals surface area contributed by atoms with Gasteiger partial charge in [-0.2, -0.15) is 39.5 Å². The molecular formula is C15H3BrCl2F9N3O4. The first kappa shape index (κ1) is 27.7. The van der Waals surface area contributed by atoms with Gasteiger partial charge < -0.3 is 5.32 Å². The van der Waals surface area contributed by atoms with Gasteiger partial charge in [-0.25, -0.2) is 0 Å². The van der Waals surface area contributed by atoms with E-state index in [4.69, 9.17) is 23.2 Å². The standard InChI is InChI=1S/C15H3BrCl2F9N3O4/c16-8-6(14(22,23)24)12(10(18)7(9(8)17)15(25,26)27)28-11-4(13(19,20)21)1-3(29(31)32)2-5(11)30(33)34/h1-2,28H. The highest BCUT2D eigenvalue weighted by Crippen LogP contribution is 2.54. The Bertz CT molecular complexity index is 1200. The van der Waals surface area contributed by atoms with Crippen molar-refractivity contribution in [3.63, 3.8) is 0 Å². The number of halogens is 12. The van der Waals surface area contributed by atoms with Crippen LogP contribution in [0, 0.1) is 20.2 Å². The van der Waals surface area contributed by atoms with Crippen LogP contribution < -0.4 is 5.32 Å². The average molecular weight is 611 g/mol. The van der Waals surface area contributed by atoms with Gasteiger partial charge in [-0.15, -0.1) is 0 Å². The van der Waals surface area contributed by atoms with Gasteiger partial charge >= 0.3 is 18.5 Å². The zero-order valence-corrected chi connectivity index (χ0v) is 18.3. The van der Waals surface area contributed by atoms with Gasteiger partial charge in [0.15, 0.2) is 0 Å². The molecule has 0 bridgehead atoms. The van der Waals surface area contributed by atoms with Gasteiger partial charge in [0.2, 0.25) is 0 Å². The number of nitro benzene ring substituents is 2. The highest BCUT2D eigenvalue weighted by Gasteiger charge is 2.46. The van der Waals surface area contributed by atoms with Crippen LogP contribution in [0.3, 0.4) is 0 Å². The van der Waals surface area contributed by atoms with Crippen molar-refractivity contribution in [2.45, 2.75) is 18.5 Å². The number of anilines is 2. The summed E-state index contributed by atoms with van der Waals surface area (Å²) in [6.07, 6.45) is -16.8. The van der Waals surface area contributed by atoms with Gasteiger partial charge in [0.1, 0.15) is 5.69 Å². The second-order valence-electron chi connectivity index (χ2n) is 6.09. The molecule has 0 saturated carbocycles. The second kappa shape index (κ2) is 8.92. The van der Waals surface area contributed by atoms with Crippen molar-refractivity contribution in [3.8, 4) is 0 Å². The van der Waals surface area contributed by atoms with Crippen molar-refractivity contribution in [2.75, 3.05) is 5.32 Å². The Labute approximate surface area is 198 Å². The van der Waals surface area contributed by atoms with Gasteiger partial charge in [-0.1, -0.05) is 23.2 Å². The number of hydrogen-bond donors (Lipinski definition) is 1. The van der Waals surface area contributed by atoms with E-state index < -0.39 is 82.3 Å². The summed E-state index contributed by atoms with van der Waals surface area (Å²) < 4.78 is 120. The molecule has 0 aliphatic rings. The Hall–Kier alpha value is -2.53. The van der Waals surface area contributed by atoms with E-state index in [1.165, 1.54) is 5.32 Å². The van der Waals surface area contributed by atoms with E-state index in [0.29, 0.717) is 0 Å². The van der Waals surface area contributed by atoms with Crippen LogP contribution in [-0.4, -0.2) is 9.85 Å². The molecule has 0 amide bonds. The van der Waals surface area contributed by atoms with Crippen LogP contribution in [0.2, 0.25) is 10.0 Å². The zero-order chi connectivity index (χ0) is 26.5. The summed E-state index contributed by atoms with van der Waals surface area (Å²) in [6.45, 7) is 0. The number of rotatable bonds is 4. The number of hydrogen-bond acceptors (Lipinski definition) is 5. The highest BCUT2D eigenvalue weighted by atomic mass is 79.9. The van der Waals surface area contributed by atoms with Gasteiger partial charge in [0.25, 0.3) is 11.4 Å². The number of nitrogens with one attached hydrogen (secondary N) is 1. The minimum atomic E-state index is -5.65. The van der Waals surface area contributed by atoms with Crippen LogP contribution in [-0.2, 0) is 18.5 Å². The smallest absolute Gasteiger partial charge is 0.348 e. The van der Waals surface area contributed by atoms with Crippen LogP contribution in [0.15, 0.2) is 16.6 Å². The molecule has 0 aromatic heterocycles. The summed E-state index contributed by atoms with van der Waals surface area (Å²) in [4.78, 5) is 19.1. The Balaban J connectivity index is 3.08. The Morgan fingerprint density at radius 3 is 1.65 bits per heavy atom. The highest BCUT2D eigenvalue weighted by molar-refractivity contribution is 9.10. The topological polar surface area (TPSA) is 98.3 Å². The molecule has 2 aromatic rings. The largest absolute Gasteiger partial charge is 0.419 e. The first-order valence-corrected chi connectivity index (χ1v) is 9.40. The molecular weight excluding hydrogens is 608 g/mol. The third-order valence-corrected chi connectivity index (χ3v) is 5.73. The molecule has 0 aliphatic heterocycles. The third-order valence-electron chi connectivity index (χ3n) is 3.95. The van der Waals surface area contributed by atoms with E-state index in [2.05, 4.69) is 15.9 Å². The summed E-state index contributed by atoms with van der Waals surface area (Å²) in [6, 6.07) is -0.291. The first-order valence-electron chi connectivity index (χ1n) is 7.85. The number of nitro groups is 2. The fraction of sp³-hybridized carbons (Fsp3) is 0.200. The predicted octanol–water partition coefficient (Wildman–Crippen LogP) is 8.37. The van der Waals surface area contributed by atoms with E-state index >= 15 is 0 Å². The summed E-state index contributed by atoms with van der Waals surface area (Å²) >= 11 is 13.0. The minimum Gasteiger partial charge on any atom is -0.348 e. The van der Waals surface area contributed by atoms with Gasteiger partial charge in [-0.3, -0.25) is 20.2 Å². The SMILES string of the molecule is O=[N+]([O-])c1cc([N+](=O)[O-])c(Nc2c(Cl)c(C(F)(F)F)c(Cl)c(Br)c2C(F)(F)F)c(C(F)(F)F)c1. The maximum atomic E-state index is 13.6. The molecule has 0 fully saturated rings. The molecule has 2 rings (SSSR count). The molecule has 0 radical (unpaired) electrons. The van der Waals surface area contributed by atoms with Crippen LogP contribution in [0.25, 0.3) is 0 Å². The van der Waals surface area contributed by atoms with Crippen molar-refractivity contribution in [3.05, 3.63) is 63.6 Å².